The van der Waals surface area contributed by atoms with Crippen LogP contribution in [0.25, 0.3) is 0 Å². The van der Waals surface area contributed by atoms with E-state index < -0.39 is 29.7 Å². The molecule has 8 heteroatoms. The number of ether oxygens (including phenoxy) is 1. The van der Waals surface area contributed by atoms with Crippen molar-refractivity contribution >= 4 is 30.5 Å². The van der Waals surface area contributed by atoms with Crippen LogP contribution in [0.3, 0.4) is 0 Å². The minimum absolute atomic E-state index is 0.0186. The van der Waals surface area contributed by atoms with E-state index in [0.29, 0.717) is 12.1 Å². The van der Waals surface area contributed by atoms with E-state index >= 15 is 0 Å². The van der Waals surface area contributed by atoms with Crippen LogP contribution in [0.15, 0.2) is 24.3 Å². The largest absolute Gasteiger partial charge is 0.444 e. The normalized spacial score (nSPS) is 12.8. The van der Waals surface area contributed by atoms with Gasteiger partial charge in [0.2, 0.25) is 5.91 Å². The number of nitrogens with zero attached hydrogens (tertiary/aromatic N) is 1. The quantitative estimate of drug-likeness (QED) is 0.216. The standard InChI is InChI=1S/C24H35N3O4S/c1-7-10-15-25-21(28)20(18-13-11-17(8-2)12-14-18)27(9-3)22(29)19(16-32)26-23(30)31-24(4,5)6/h3,11-14,19-20,32H,7-8,10,15-16H2,1-2,4-6H3,(H,25,28)(H,26,30). The summed E-state index contributed by atoms with van der Waals surface area (Å²) < 4.78 is 5.23. The van der Waals surface area contributed by atoms with Gasteiger partial charge in [-0.15, -0.1) is 0 Å². The molecule has 7 nitrogen and oxygen atoms in total. The summed E-state index contributed by atoms with van der Waals surface area (Å²) >= 11 is 4.19. The SMILES string of the molecule is C#CN(C(=O)C(CS)NC(=O)OC(C)(C)C)C(C(=O)NCCCC)c1ccc(CC)cc1. The fraction of sp³-hybridized carbons (Fsp3) is 0.542. The Kier molecular flexibility index (Phi) is 11.1. The summed E-state index contributed by atoms with van der Waals surface area (Å²) in [6.45, 7) is 9.67. The molecule has 2 unspecified atom stereocenters. The van der Waals surface area contributed by atoms with Crippen LogP contribution < -0.4 is 10.6 Å². The van der Waals surface area contributed by atoms with Gasteiger partial charge in [-0.1, -0.05) is 51.0 Å². The third-order valence-corrected chi connectivity index (χ3v) is 4.95. The van der Waals surface area contributed by atoms with E-state index in [-0.39, 0.29) is 11.7 Å². The fourth-order valence-electron chi connectivity index (χ4n) is 2.91. The smallest absolute Gasteiger partial charge is 0.408 e. The zero-order valence-corrected chi connectivity index (χ0v) is 20.5. The number of hydrogen-bond donors (Lipinski definition) is 3. The molecule has 0 heterocycles. The Labute approximate surface area is 197 Å². The molecule has 0 saturated heterocycles. The number of benzene rings is 1. The van der Waals surface area contributed by atoms with Gasteiger partial charge in [0.15, 0.2) is 0 Å². The summed E-state index contributed by atoms with van der Waals surface area (Å²) in [6.07, 6.45) is 7.48. The molecule has 1 aromatic carbocycles. The lowest BCUT2D eigenvalue weighted by molar-refractivity contribution is -0.138. The third-order valence-electron chi connectivity index (χ3n) is 4.59. The Balaban J connectivity index is 3.21. The molecular weight excluding hydrogens is 426 g/mol. The van der Waals surface area contributed by atoms with Gasteiger partial charge >= 0.3 is 6.09 Å². The lowest BCUT2D eigenvalue weighted by Crippen LogP contribution is -2.52. The van der Waals surface area contributed by atoms with Crippen LogP contribution in [0.4, 0.5) is 4.79 Å². The van der Waals surface area contributed by atoms with E-state index in [1.807, 2.05) is 26.0 Å². The second-order valence-electron chi connectivity index (χ2n) is 8.36. The molecule has 0 bridgehead atoms. The number of amides is 3. The molecule has 3 amide bonds. The first-order valence-electron chi connectivity index (χ1n) is 10.8. The first kappa shape index (κ1) is 27.4. The second kappa shape index (κ2) is 13.0. The molecule has 2 atom stereocenters. The lowest BCUT2D eigenvalue weighted by atomic mass is 10.0. The molecule has 0 aliphatic heterocycles. The van der Waals surface area contributed by atoms with Gasteiger partial charge < -0.3 is 15.4 Å². The van der Waals surface area contributed by atoms with Crippen molar-refractivity contribution in [3.8, 4) is 12.5 Å². The van der Waals surface area contributed by atoms with Gasteiger partial charge in [0.1, 0.15) is 17.7 Å². The van der Waals surface area contributed by atoms with Crippen molar-refractivity contribution in [2.24, 2.45) is 0 Å². The number of hydrogen-bond acceptors (Lipinski definition) is 5. The fourth-order valence-corrected chi connectivity index (χ4v) is 3.15. The molecular formula is C24H35N3O4S. The van der Waals surface area contributed by atoms with Crippen LogP contribution in [-0.2, 0) is 20.7 Å². The number of terminal acetylenes is 1. The number of carbonyl (C=O) groups is 3. The maximum atomic E-state index is 13.3. The first-order valence-corrected chi connectivity index (χ1v) is 11.5. The predicted octanol–water partition coefficient (Wildman–Crippen LogP) is 3.45. The van der Waals surface area contributed by atoms with Crippen molar-refractivity contribution in [2.45, 2.75) is 71.6 Å². The average molecular weight is 462 g/mol. The summed E-state index contributed by atoms with van der Waals surface area (Å²) in [5.41, 5.74) is 0.943. The molecule has 0 aliphatic carbocycles. The van der Waals surface area contributed by atoms with E-state index in [2.05, 4.69) is 29.3 Å². The molecule has 0 radical (unpaired) electrons. The van der Waals surface area contributed by atoms with Crippen molar-refractivity contribution < 1.29 is 19.1 Å². The molecule has 176 valence electrons. The van der Waals surface area contributed by atoms with E-state index in [0.717, 1.165) is 29.7 Å². The highest BCUT2D eigenvalue weighted by Crippen LogP contribution is 2.23. The molecule has 1 aromatic rings. The maximum Gasteiger partial charge on any atom is 0.408 e. The van der Waals surface area contributed by atoms with Crippen LogP contribution >= 0.6 is 12.6 Å². The first-order chi connectivity index (χ1) is 15.1. The molecule has 2 N–H and O–H groups in total. The van der Waals surface area contributed by atoms with E-state index in [1.165, 1.54) is 0 Å². The summed E-state index contributed by atoms with van der Waals surface area (Å²) in [5, 5.41) is 5.35. The summed E-state index contributed by atoms with van der Waals surface area (Å²) in [4.78, 5) is 39.5. The number of carbonyl (C=O) groups excluding carboxylic acids is 3. The summed E-state index contributed by atoms with van der Waals surface area (Å²) in [7, 11) is 0. The van der Waals surface area contributed by atoms with E-state index in [1.54, 1.807) is 32.9 Å². The minimum Gasteiger partial charge on any atom is -0.444 e. The average Bonchev–Trinajstić information content (AvgIpc) is 2.74. The van der Waals surface area contributed by atoms with Gasteiger partial charge in [-0.2, -0.15) is 12.6 Å². The monoisotopic (exact) mass is 461 g/mol. The van der Waals surface area contributed by atoms with Crippen molar-refractivity contribution in [3.05, 3.63) is 35.4 Å². The zero-order valence-electron chi connectivity index (χ0n) is 19.6. The number of rotatable bonds is 10. The predicted molar refractivity (Wildman–Crippen MR) is 129 cm³/mol. The van der Waals surface area contributed by atoms with Gasteiger partial charge in [-0.3, -0.25) is 14.5 Å². The van der Waals surface area contributed by atoms with Crippen LogP contribution in [-0.4, -0.2) is 46.7 Å². The van der Waals surface area contributed by atoms with Gasteiger partial charge in [0.05, 0.1) is 0 Å². The Hall–Kier alpha value is -2.66. The van der Waals surface area contributed by atoms with Crippen LogP contribution in [0.1, 0.15) is 64.6 Å². The minimum atomic E-state index is -1.06. The van der Waals surface area contributed by atoms with E-state index in [9.17, 15) is 14.4 Å². The molecule has 0 saturated carbocycles. The van der Waals surface area contributed by atoms with Crippen LogP contribution in [0, 0.1) is 12.5 Å². The van der Waals surface area contributed by atoms with Crippen LogP contribution in [0.2, 0.25) is 0 Å². The van der Waals surface area contributed by atoms with Crippen molar-refractivity contribution in [2.75, 3.05) is 12.3 Å². The van der Waals surface area contributed by atoms with Gasteiger partial charge in [0, 0.05) is 18.3 Å². The molecule has 1 rings (SSSR count). The molecule has 0 aliphatic rings. The van der Waals surface area contributed by atoms with Gasteiger partial charge in [-0.05, 0) is 44.7 Å². The van der Waals surface area contributed by atoms with E-state index in [4.69, 9.17) is 11.2 Å². The number of thiol groups is 1. The van der Waals surface area contributed by atoms with Gasteiger partial charge in [-0.25, -0.2) is 4.79 Å². The highest BCUT2D eigenvalue weighted by Gasteiger charge is 2.35. The third kappa shape index (κ3) is 8.46. The van der Waals surface area contributed by atoms with Crippen molar-refractivity contribution in [1.29, 1.82) is 0 Å². The molecule has 0 aromatic heterocycles. The number of alkyl carbamates (subject to hydrolysis) is 1. The molecule has 0 fully saturated rings. The molecule has 0 spiro atoms. The highest BCUT2D eigenvalue weighted by molar-refractivity contribution is 7.80. The molecule has 32 heavy (non-hydrogen) atoms. The second-order valence-corrected chi connectivity index (χ2v) is 8.73. The Morgan fingerprint density at radius 3 is 2.28 bits per heavy atom. The number of aryl methyl sites for hydroxylation is 1. The van der Waals surface area contributed by atoms with Crippen molar-refractivity contribution in [1.82, 2.24) is 15.5 Å². The topological polar surface area (TPSA) is 87.7 Å². The maximum absolute atomic E-state index is 13.3. The summed E-state index contributed by atoms with van der Waals surface area (Å²) in [6, 6.07) is 7.60. The highest BCUT2D eigenvalue weighted by atomic mass is 32.1. The van der Waals surface area contributed by atoms with Gasteiger partial charge in [0.25, 0.3) is 5.91 Å². The Morgan fingerprint density at radius 1 is 1.19 bits per heavy atom. The number of unbranched alkanes of at least 4 members (excludes halogenated alkanes) is 1. The lowest BCUT2D eigenvalue weighted by Gasteiger charge is -2.30. The summed E-state index contributed by atoms with van der Waals surface area (Å²) in [5.74, 6) is -1.03. The Morgan fingerprint density at radius 2 is 1.81 bits per heavy atom. The Bertz CT molecular complexity index is 812. The zero-order chi connectivity index (χ0) is 24.3. The van der Waals surface area contributed by atoms with Crippen molar-refractivity contribution in [3.63, 3.8) is 0 Å². The van der Waals surface area contributed by atoms with Crippen LogP contribution in [0.5, 0.6) is 0 Å². The number of nitrogens with one attached hydrogen (secondary N) is 2.